The Morgan fingerprint density at radius 1 is 0.962 bits per heavy atom. The van der Waals surface area contributed by atoms with Crippen molar-refractivity contribution < 1.29 is 32.9 Å². The summed E-state index contributed by atoms with van der Waals surface area (Å²) in [6.45, 7) is 2.78. The van der Waals surface area contributed by atoms with Crippen LogP contribution in [0.2, 0.25) is 0 Å². The molecule has 2 nitrogen and oxygen atoms in total. The summed E-state index contributed by atoms with van der Waals surface area (Å²) in [6, 6.07) is 1.74. The summed E-state index contributed by atoms with van der Waals surface area (Å²) < 4.78 is 73.7. The van der Waals surface area contributed by atoms with Crippen molar-refractivity contribution in [2.24, 2.45) is 17.8 Å². The summed E-state index contributed by atoms with van der Waals surface area (Å²) >= 11 is 0. The molecule has 1 aromatic rings. The van der Waals surface area contributed by atoms with Crippen LogP contribution in [0.3, 0.4) is 0 Å². The number of hydrogen-bond acceptors (Lipinski definition) is 2. The van der Waals surface area contributed by atoms with Crippen molar-refractivity contribution in [2.45, 2.75) is 57.9 Å². The maximum absolute atomic E-state index is 13.9. The van der Waals surface area contributed by atoms with Crippen LogP contribution in [-0.4, -0.2) is 13.0 Å². The molecule has 1 aliphatic heterocycles. The van der Waals surface area contributed by atoms with Crippen LogP contribution in [0.4, 0.5) is 22.0 Å². The van der Waals surface area contributed by atoms with Crippen LogP contribution in [0.25, 0.3) is 0 Å². The molecular weight excluding hydrogens is 355 g/mol. The van der Waals surface area contributed by atoms with Gasteiger partial charge in [-0.1, -0.05) is 19.8 Å². The molecule has 1 saturated carbocycles. The molecule has 2 aliphatic rings. The van der Waals surface area contributed by atoms with Crippen molar-refractivity contribution in [3.8, 4) is 5.75 Å². The van der Waals surface area contributed by atoms with Gasteiger partial charge in [0.2, 0.25) is 5.75 Å². The Morgan fingerprint density at radius 3 is 2.04 bits per heavy atom. The lowest BCUT2D eigenvalue weighted by Gasteiger charge is -2.37. The maximum Gasteiger partial charge on any atom is 0.573 e. The first-order chi connectivity index (χ1) is 12.2. The zero-order valence-electron chi connectivity index (χ0n) is 14.6. The van der Waals surface area contributed by atoms with Gasteiger partial charge in [-0.25, -0.2) is 8.78 Å². The Bertz CT molecular complexity index is 598. The van der Waals surface area contributed by atoms with Gasteiger partial charge in [-0.15, -0.1) is 13.2 Å². The Kier molecular flexibility index (Phi) is 5.75. The van der Waals surface area contributed by atoms with E-state index in [1.165, 1.54) is 25.7 Å². The van der Waals surface area contributed by atoms with Crippen LogP contribution in [0.1, 0.15) is 58.5 Å². The van der Waals surface area contributed by atoms with Crippen LogP contribution in [0.5, 0.6) is 5.75 Å². The second-order valence-electron chi connectivity index (χ2n) is 7.54. The minimum Gasteiger partial charge on any atom is -0.399 e. The van der Waals surface area contributed by atoms with Gasteiger partial charge < -0.3 is 9.47 Å². The molecule has 0 bridgehead atoms. The van der Waals surface area contributed by atoms with E-state index >= 15 is 0 Å². The van der Waals surface area contributed by atoms with Crippen LogP contribution in [-0.2, 0) is 4.74 Å². The molecule has 0 N–H and O–H groups in total. The zero-order valence-corrected chi connectivity index (χ0v) is 14.6. The van der Waals surface area contributed by atoms with Gasteiger partial charge in [0, 0.05) is 1.43 Å². The van der Waals surface area contributed by atoms with E-state index in [9.17, 15) is 22.0 Å². The number of rotatable bonds is 3. The highest BCUT2D eigenvalue weighted by Crippen LogP contribution is 2.41. The van der Waals surface area contributed by atoms with Crippen LogP contribution < -0.4 is 4.74 Å². The van der Waals surface area contributed by atoms with E-state index in [4.69, 9.17) is 4.74 Å². The molecule has 2 unspecified atom stereocenters. The highest BCUT2D eigenvalue weighted by Gasteiger charge is 2.35. The molecule has 1 aliphatic carbocycles. The van der Waals surface area contributed by atoms with Crippen molar-refractivity contribution >= 4 is 0 Å². The third kappa shape index (κ3) is 4.67. The predicted molar refractivity (Wildman–Crippen MR) is 87.7 cm³/mol. The molecule has 0 spiro atoms. The summed E-state index contributed by atoms with van der Waals surface area (Å²) in [5.41, 5.74) is 0.213. The Hall–Kier alpha value is -1.37. The number of hydrogen-bond donors (Lipinski definition) is 0. The van der Waals surface area contributed by atoms with E-state index < -0.39 is 29.9 Å². The van der Waals surface area contributed by atoms with E-state index in [-0.39, 0.29) is 6.99 Å². The van der Waals surface area contributed by atoms with E-state index in [2.05, 4.69) is 11.7 Å². The van der Waals surface area contributed by atoms with E-state index in [1.807, 2.05) is 0 Å². The largest absolute Gasteiger partial charge is 0.573 e. The average Bonchev–Trinajstić information content (AvgIpc) is 2.58. The minimum absolute atomic E-state index is 0. The first kappa shape index (κ1) is 19.4. The van der Waals surface area contributed by atoms with Crippen LogP contribution >= 0.6 is 0 Å². The molecular formula is C19H25F5O2. The lowest BCUT2D eigenvalue weighted by molar-refractivity contribution is -0.276. The highest BCUT2D eigenvalue weighted by atomic mass is 19.4. The number of halogens is 5. The summed E-state index contributed by atoms with van der Waals surface area (Å²) in [7, 11) is 0. The van der Waals surface area contributed by atoms with E-state index in [0.717, 1.165) is 24.5 Å². The van der Waals surface area contributed by atoms with Crippen molar-refractivity contribution in [2.75, 3.05) is 6.61 Å². The summed E-state index contributed by atoms with van der Waals surface area (Å²) in [6.07, 6.45) is 0.679. The van der Waals surface area contributed by atoms with Gasteiger partial charge in [0.15, 0.2) is 11.6 Å². The normalized spacial score (nSPS) is 30.2. The standard InChI is InChI=1S/C19H23F5O2.H2/c1-11-2-4-12(5-3-11)13-6-7-17(25-10-13)14-8-15(20)18(16(21)9-14)26-19(22,23)24;/h8-9,11-13,17H,2-7,10H2,1H3;1H. The molecule has 0 aromatic heterocycles. The maximum atomic E-state index is 13.9. The van der Waals surface area contributed by atoms with Crippen molar-refractivity contribution in [3.63, 3.8) is 0 Å². The topological polar surface area (TPSA) is 18.5 Å². The monoisotopic (exact) mass is 380 g/mol. The van der Waals surface area contributed by atoms with Crippen molar-refractivity contribution in [3.05, 3.63) is 29.3 Å². The third-order valence-electron chi connectivity index (χ3n) is 5.65. The van der Waals surface area contributed by atoms with Crippen LogP contribution in [0, 0.1) is 29.4 Å². The van der Waals surface area contributed by atoms with Gasteiger partial charge >= 0.3 is 6.36 Å². The molecule has 2 fully saturated rings. The first-order valence-electron chi connectivity index (χ1n) is 9.09. The molecule has 1 heterocycles. The number of alkyl halides is 3. The summed E-state index contributed by atoms with van der Waals surface area (Å²) in [5, 5.41) is 0. The Morgan fingerprint density at radius 2 is 1.54 bits per heavy atom. The van der Waals surface area contributed by atoms with Gasteiger partial charge in [0.25, 0.3) is 0 Å². The molecule has 1 saturated heterocycles. The first-order valence-corrected chi connectivity index (χ1v) is 9.09. The van der Waals surface area contributed by atoms with Gasteiger partial charge in [-0.05, 0) is 61.1 Å². The molecule has 0 amide bonds. The fourth-order valence-corrected chi connectivity index (χ4v) is 4.14. The fourth-order valence-electron chi connectivity index (χ4n) is 4.14. The lowest BCUT2D eigenvalue weighted by atomic mass is 9.74. The third-order valence-corrected chi connectivity index (χ3v) is 5.65. The average molecular weight is 380 g/mol. The van der Waals surface area contributed by atoms with E-state index in [0.29, 0.717) is 24.9 Å². The van der Waals surface area contributed by atoms with Gasteiger partial charge in [0.05, 0.1) is 12.7 Å². The summed E-state index contributed by atoms with van der Waals surface area (Å²) in [4.78, 5) is 0. The highest BCUT2D eigenvalue weighted by molar-refractivity contribution is 5.32. The summed E-state index contributed by atoms with van der Waals surface area (Å²) in [5.74, 6) is -2.32. The molecule has 1 aromatic carbocycles. The molecule has 7 heteroatoms. The number of ether oxygens (including phenoxy) is 2. The van der Waals surface area contributed by atoms with Crippen LogP contribution in [0.15, 0.2) is 12.1 Å². The SMILES string of the molecule is CC1CCC(C2CCC(c3cc(F)c(OC(F)(F)F)c(F)c3)OC2)CC1.[HH]. The van der Waals surface area contributed by atoms with Gasteiger partial charge in [0.1, 0.15) is 0 Å². The lowest BCUT2D eigenvalue weighted by Crippen LogP contribution is -2.29. The quantitative estimate of drug-likeness (QED) is 0.565. The minimum atomic E-state index is -5.14. The molecule has 3 rings (SSSR count). The molecule has 2 atom stereocenters. The molecule has 148 valence electrons. The van der Waals surface area contributed by atoms with Crippen molar-refractivity contribution in [1.29, 1.82) is 0 Å². The Labute approximate surface area is 151 Å². The van der Waals surface area contributed by atoms with E-state index in [1.54, 1.807) is 0 Å². The Balaban J connectivity index is 0.00000261. The fraction of sp³-hybridized carbons (Fsp3) is 0.684. The van der Waals surface area contributed by atoms with Crippen molar-refractivity contribution in [1.82, 2.24) is 0 Å². The zero-order chi connectivity index (χ0) is 18.9. The molecule has 0 radical (unpaired) electrons. The molecule has 26 heavy (non-hydrogen) atoms. The van der Waals surface area contributed by atoms with Gasteiger partial charge in [-0.3, -0.25) is 0 Å². The number of benzene rings is 1. The van der Waals surface area contributed by atoms with Gasteiger partial charge in [-0.2, -0.15) is 0 Å². The second-order valence-corrected chi connectivity index (χ2v) is 7.54. The smallest absolute Gasteiger partial charge is 0.399 e. The second kappa shape index (κ2) is 7.71. The predicted octanol–water partition coefficient (Wildman–Crippen LogP) is 6.40.